The van der Waals surface area contributed by atoms with Crippen LogP contribution in [-0.4, -0.2) is 8.80 Å². The summed E-state index contributed by atoms with van der Waals surface area (Å²) in [6, 6.07) is 38.4. The first-order valence-corrected chi connectivity index (χ1v) is 13.5. The molecule has 0 N–H and O–H groups in total. The van der Waals surface area contributed by atoms with E-state index in [1.807, 2.05) is 0 Å². The molecule has 0 saturated carbocycles. The number of para-hydroxylation sites is 4. The summed E-state index contributed by atoms with van der Waals surface area (Å²) in [4.78, 5) is 0. The van der Waals surface area contributed by atoms with Gasteiger partial charge in [-0.15, -0.1) is 0 Å². The van der Waals surface area contributed by atoms with E-state index in [1.165, 1.54) is 87.7 Å². The quantitative estimate of drug-likeness (QED) is 0.220. The van der Waals surface area contributed by atoms with Crippen molar-refractivity contribution in [1.82, 2.24) is 8.80 Å². The molecule has 1 aliphatic rings. The summed E-state index contributed by atoms with van der Waals surface area (Å²) in [5.41, 5.74) is 12.2. The molecular formula is C36H22N2. The van der Waals surface area contributed by atoms with Gasteiger partial charge in [-0.05, 0) is 53.8 Å². The molecule has 0 unspecified atom stereocenters. The van der Waals surface area contributed by atoms with Crippen molar-refractivity contribution in [1.29, 1.82) is 0 Å². The van der Waals surface area contributed by atoms with E-state index in [-0.39, 0.29) is 0 Å². The van der Waals surface area contributed by atoms with E-state index in [0.717, 1.165) is 12.8 Å². The summed E-state index contributed by atoms with van der Waals surface area (Å²) in [7, 11) is 0. The Morgan fingerprint density at radius 1 is 0.447 bits per heavy atom. The standard InChI is InChI=1S/C36H22N2/c1-3-13-31-23(7-1)27-9-5-11-29-25-17-15-21(19-33(25)37(31)35(27)29)22-16-18-26-30-12-6-10-28-24-8-2-4-14-32(24)38(36(28)30)34(26)20-22/h1-15,17,19-20H,16,18H2. The molecule has 0 bridgehead atoms. The maximum atomic E-state index is 2.51. The number of fused-ring (bicyclic) bond motifs is 12. The van der Waals surface area contributed by atoms with E-state index in [2.05, 4.69) is 118 Å². The highest BCUT2D eigenvalue weighted by Crippen LogP contribution is 2.44. The molecule has 0 fully saturated rings. The van der Waals surface area contributed by atoms with Gasteiger partial charge in [0, 0.05) is 37.7 Å². The van der Waals surface area contributed by atoms with Crippen LogP contribution in [0, 0.1) is 0 Å². The molecule has 0 radical (unpaired) electrons. The third-order valence-electron chi connectivity index (χ3n) is 9.12. The van der Waals surface area contributed by atoms with Crippen molar-refractivity contribution in [3.05, 3.63) is 120 Å². The lowest BCUT2D eigenvalue weighted by Crippen LogP contribution is -2.00. The Kier molecular flexibility index (Phi) is 3.32. The SMILES string of the molecule is C1=C(c2ccc3c4cccc5c6ccccc6n(c3c2)c54)CCc2c1n1c3ccccc3c3cccc2c31. The summed E-state index contributed by atoms with van der Waals surface area (Å²) < 4.78 is 5.00. The number of benzene rings is 5. The fourth-order valence-electron chi connectivity index (χ4n) is 7.55. The minimum atomic E-state index is 1.06. The Balaban J connectivity index is 1.27. The predicted molar refractivity (Wildman–Crippen MR) is 161 cm³/mol. The number of allylic oxidation sites excluding steroid dienone is 1. The number of rotatable bonds is 1. The lowest BCUT2D eigenvalue weighted by atomic mass is 9.90. The maximum Gasteiger partial charge on any atom is 0.0620 e. The Hall–Kier alpha value is -4.82. The maximum absolute atomic E-state index is 2.51. The molecule has 4 heterocycles. The lowest BCUT2D eigenvalue weighted by molar-refractivity contribution is 1.000. The van der Waals surface area contributed by atoms with E-state index in [0.29, 0.717) is 0 Å². The van der Waals surface area contributed by atoms with Crippen LogP contribution in [0.15, 0.2) is 103 Å². The number of aromatic nitrogens is 2. The van der Waals surface area contributed by atoms with E-state index in [4.69, 9.17) is 0 Å². The van der Waals surface area contributed by atoms with E-state index < -0.39 is 0 Å². The minimum absolute atomic E-state index is 1.06. The van der Waals surface area contributed by atoms with Gasteiger partial charge in [-0.25, -0.2) is 0 Å². The molecule has 0 amide bonds. The number of nitrogens with zero attached hydrogens (tertiary/aromatic N) is 2. The topological polar surface area (TPSA) is 8.82 Å². The summed E-state index contributed by atoms with van der Waals surface area (Å²) in [5.74, 6) is 0. The van der Waals surface area contributed by atoms with Crippen LogP contribution in [0.2, 0.25) is 0 Å². The van der Waals surface area contributed by atoms with Gasteiger partial charge in [0.15, 0.2) is 0 Å². The number of aryl methyl sites for hydroxylation is 1. The normalized spacial score (nSPS) is 14.3. The Morgan fingerprint density at radius 2 is 1.03 bits per heavy atom. The molecule has 2 heteroatoms. The van der Waals surface area contributed by atoms with Crippen molar-refractivity contribution < 1.29 is 0 Å². The first kappa shape index (κ1) is 19.3. The second-order valence-electron chi connectivity index (χ2n) is 10.9. The summed E-state index contributed by atoms with van der Waals surface area (Å²) in [6.07, 6.45) is 4.60. The van der Waals surface area contributed by atoms with Crippen molar-refractivity contribution in [2.75, 3.05) is 0 Å². The fourth-order valence-corrected chi connectivity index (χ4v) is 7.55. The number of hydrogen-bond donors (Lipinski definition) is 0. The van der Waals surface area contributed by atoms with Crippen LogP contribution in [0.5, 0.6) is 0 Å². The molecule has 5 aromatic carbocycles. The average Bonchev–Trinajstić information content (AvgIpc) is 3.70. The molecule has 176 valence electrons. The van der Waals surface area contributed by atoms with Crippen LogP contribution in [0.1, 0.15) is 23.2 Å². The van der Waals surface area contributed by atoms with Crippen molar-refractivity contribution in [3.63, 3.8) is 0 Å². The molecule has 0 spiro atoms. The van der Waals surface area contributed by atoms with Gasteiger partial charge < -0.3 is 8.80 Å². The molecule has 0 atom stereocenters. The van der Waals surface area contributed by atoms with Crippen LogP contribution in [0.25, 0.3) is 76.9 Å². The molecule has 9 aromatic rings. The van der Waals surface area contributed by atoms with Gasteiger partial charge in [0.05, 0.1) is 33.3 Å². The van der Waals surface area contributed by atoms with Crippen molar-refractivity contribution in [3.8, 4) is 0 Å². The first-order chi connectivity index (χ1) is 18.9. The van der Waals surface area contributed by atoms with Gasteiger partial charge in [-0.3, -0.25) is 0 Å². The van der Waals surface area contributed by atoms with Gasteiger partial charge >= 0.3 is 0 Å². The van der Waals surface area contributed by atoms with Gasteiger partial charge in [0.1, 0.15) is 0 Å². The molecule has 4 aromatic heterocycles. The zero-order valence-corrected chi connectivity index (χ0v) is 20.7. The van der Waals surface area contributed by atoms with Crippen molar-refractivity contribution >= 4 is 76.9 Å². The zero-order valence-electron chi connectivity index (χ0n) is 20.7. The van der Waals surface area contributed by atoms with Crippen LogP contribution < -0.4 is 0 Å². The average molecular weight is 483 g/mol. The number of hydrogen-bond acceptors (Lipinski definition) is 0. The van der Waals surface area contributed by atoms with Gasteiger partial charge in [-0.1, -0.05) is 84.9 Å². The first-order valence-electron chi connectivity index (χ1n) is 13.5. The Morgan fingerprint density at radius 3 is 1.76 bits per heavy atom. The minimum Gasteiger partial charge on any atom is -0.308 e. The lowest BCUT2D eigenvalue weighted by Gasteiger charge is -2.16. The van der Waals surface area contributed by atoms with E-state index in [9.17, 15) is 0 Å². The highest BCUT2D eigenvalue weighted by molar-refractivity contribution is 6.23. The van der Waals surface area contributed by atoms with Crippen LogP contribution in [0.4, 0.5) is 0 Å². The highest BCUT2D eigenvalue weighted by Gasteiger charge is 2.24. The van der Waals surface area contributed by atoms with Crippen LogP contribution in [0.3, 0.4) is 0 Å². The third kappa shape index (κ3) is 2.14. The smallest absolute Gasteiger partial charge is 0.0620 e. The summed E-state index contributed by atoms with van der Waals surface area (Å²) in [5, 5.41) is 9.47. The second kappa shape index (κ2) is 6.54. The predicted octanol–water partition coefficient (Wildman–Crippen LogP) is 9.32. The molecule has 0 saturated heterocycles. The Labute approximate surface area is 218 Å². The largest absolute Gasteiger partial charge is 0.308 e. The highest BCUT2D eigenvalue weighted by atomic mass is 14.9. The van der Waals surface area contributed by atoms with Crippen molar-refractivity contribution in [2.45, 2.75) is 12.8 Å². The van der Waals surface area contributed by atoms with Gasteiger partial charge in [-0.2, -0.15) is 0 Å². The van der Waals surface area contributed by atoms with Crippen LogP contribution in [-0.2, 0) is 6.42 Å². The van der Waals surface area contributed by atoms with Crippen molar-refractivity contribution in [2.24, 2.45) is 0 Å². The molecule has 0 aliphatic heterocycles. The molecule has 2 nitrogen and oxygen atoms in total. The zero-order chi connectivity index (χ0) is 24.5. The Bertz CT molecular complexity index is 2450. The third-order valence-corrected chi connectivity index (χ3v) is 9.12. The molecule has 10 rings (SSSR count). The monoisotopic (exact) mass is 482 g/mol. The molecule has 38 heavy (non-hydrogen) atoms. The summed E-state index contributed by atoms with van der Waals surface area (Å²) >= 11 is 0. The second-order valence-corrected chi connectivity index (χ2v) is 10.9. The van der Waals surface area contributed by atoms with Crippen LogP contribution >= 0.6 is 0 Å². The van der Waals surface area contributed by atoms with E-state index >= 15 is 0 Å². The van der Waals surface area contributed by atoms with Gasteiger partial charge in [0.2, 0.25) is 0 Å². The fraction of sp³-hybridized carbons (Fsp3) is 0.0556. The molecular weight excluding hydrogens is 460 g/mol. The van der Waals surface area contributed by atoms with E-state index in [1.54, 1.807) is 0 Å². The van der Waals surface area contributed by atoms with Gasteiger partial charge in [0.25, 0.3) is 0 Å². The molecule has 1 aliphatic carbocycles. The summed E-state index contributed by atoms with van der Waals surface area (Å²) in [6.45, 7) is 0.